The third-order valence-electron chi connectivity index (χ3n) is 2.63. The van der Waals surface area contributed by atoms with Crippen molar-refractivity contribution in [2.75, 3.05) is 0 Å². The van der Waals surface area contributed by atoms with Crippen LogP contribution in [0.2, 0.25) is 0 Å². The van der Waals surface area contributed by atoms with Crippen LogP contribution in [-0.2, 0) is 11.8 Å². The Kier molecular flexibility index (Phi) is 3.70. The quantitative estimate of drug-likeness (QED) is 0.758. The van der Waals surface area contributed by atoms with Crippen LogP contribution in [0.3, 0.4) is 0 Å². The van der Waals surface area contributed by atoms with Crippen molar-refractivity contribution in [3.05, 3.63) is 35.1 Å². The van der Waals surface area contributed by atoms with E-state index in [4.69, 9.17) is 5.26 Å². The molecule has 86 valence electrons. The molecule has 0 radical (unpaired) electrons. The molecule has 0 atom stereocenters. The van der Waals surface area contributed by atoms with E-state index in [1.54, 1.807) is 26.0 Å². The molecule has 1 nitrogen and oxygen atoms in total. The molecule has 0 aliphatic rings. The van der Waals surface area contributed by atoms with Gasteiger partial charge in [-0.05, 0) is 37.8 Å². The topological polar surface area (TPSA) is 23.8 Å². The molecule has 16 heavy (non-hydrogen) atoms. The lowest BCUT2D eigenvalue weighted by molar-refractivity contribution is 0.559. The normalized spacial score (nSPS) is 11.6. The van der Waals surface area contributed by atoms with Crippen LogP contribution in [0.5, 0.6) is 0 Å². The zero-order valence-corrected chi connectivity index (χ0v) is 10.3. The molecule has 0 saturated heterocycles. The van der Waals surface area contributed by atoms with E-state index in [0.29, 0.717) is 11.5 Å². The van der Waals surface area contributed by atoms with Crippen LogP contribution in [0.1, 0.15) is 38.8 Å². The van der Waals surface area contributed by atoms with Gasteiger partial charge in [0, 0.05) is 5.56 Å². The number of benzene rings is 1. The molecule has 0 aliphatic carbocycles. The largest absolute Gasteiger partial charge is 0.207 e. The van der Waals surface area contributed by atoms with Gasteiger partial charge in [0.2, 0.25) is 0 Å². The van der Waals surface area contributed by atoms with E-state index in [1.807, 2.05) is 6.07 Å². The second kappa shape index (κ2) is 4.65. The first kappa shape index (κ1) is 12.7. The monoisotopic (exact) mass is 219 g/mol. The first-order valence-corrected chi connectivity index (χ1v) is 5.57. The summed E-state index contributed by atoms with van der Waals surface area (Å²) in [6, 6.07) is 7.32. The maximum Gasteiger partial charge on any atom is 0.128 e. The standard InChI is InChI=1S/C14H18FN/c1-10(2)7-11-5-6-12(13(15)8-11)14(3,4)9-16/h5-6,8,10H,7H2,1-4H3. The number of hydrogen-bond acceptors (Lipinski definition) is 1. The zero-order valence-electron chi connectivity index (χ0n) is 10.3. The lowest BCUT2D eigenvalue weighted by atomic mass is 9.85. The number of halogens is 1. The van der Waals surface area contributed by atoms with Gasteiger partial charge >= 0.3 is 0 Å². The third kappa shape index (κ3) is 2.82. The van der Waals surface area contributed by atoms with E-state index in [2.05, 4.69) is 19.9 Å². The molecule has 0 fully saturated rings. The molecule has 0 heterocycles. The molecule has 0 N–H and O–H groups in total. The summed E-state index contributed by atoms with van der Waals surface area (Å²) in [4.78, 5) is 0. The number of nitrogens with zero attached hydrogens (tertiary/aromatic N) is 1. The van der Waals surface area contributed by atoms with Gasteiger partial charge in [-0.1, -0.05) is 26.0 Å². The van der Waals surface area contributed by atoms with Crippen LogP contribution in [0.4, 0.5) is 4.39 Å². The lowest BCUT2D eigenvalue weighted by Gasteiger charge is -2.17. The van der Waals surface area contributed by atoms with E-state index >= 15 is 0 Å². The Morgan fingerprint density at radius 3 is 2.44 bits per heavy atom. The smallest absolute Gasteiger partial charge is 0.128 e. The first-order chi connectivity index (χ1) is 7.36. The van der Waals surface area contributed by atoms with Crippen molar-refractivity contribution in [2.45, 2.75) is 39.5 Å². The van der Waals surface area contributed by atoms with Gasteiger partial charge in [-0.2, -0.15) is 5.26 Å². The minimum absolute atomic E-state index is 0.273. The molecule has 1 aromatic rings. The van der Waals surface area contributed by atoms with Gasteiger partial charge in [-0.15, -0.1) is 0 Å². The minimum atomic E-state index is -0.763. The van der Waals surface area contributed by atoms with Crippen LogP contribution >= 0.6 is 0 Å². The van der Waals surface area contributed by atoms with Crippen molar-refractivity contribution < 1.29 is 4.39 Å². The van der Waals surface area contributed by atoms with Crippen LogP contribution < -0.4 is 0 Å². The molecular weight excluding hydrogens is 201 g/mol. The summed E-state index contributed by atoms with van der Waals surface area (Å²) in [6.45, 7) is 7.66. The Morgan fingerprint density at radius 2 is 2.00 bits per heavy atom. The molecule has 0 aromatic heterocycles. The van der Waals surface area contributed by atoms with Crippen molar-refractivity contribution in [2.24, 2.45) is 5.92 Å². The summed E-state index contributed by atoms with van der Waals surface area (Å²) in [5.41, 5.74) is 0.702. The summed E-state index contributed by atoms with van der Waals surface area (Å²) in [7, 11) is 0. The lowest BCUT2D eigenvalue weighted by Crippen LogP contribution is -2.16. The highest BCUT2D eigenvalue weighted by atomic mass is 19.1. The molecule has 1 rings (SSSR count). The Labute approximate surface area is 96.9 Å². The van der Waals surface area contributed by atoms with E-state index in [-0.39, 0.29) is 5.82 Å². The van der Waals surface area contributed by atoms with Gasteiger partial charge in [0.05, 0.1) is 11.5 Å². The van der Waals surface area contributed by atoms with Crippen LogP contribution in [0.15, 0.2) is 18.2 Å². The maximum absolute atomic E-state index is 13.8. The summed E-state index contributed by atoms with van der Waals surface area (Å²) in [5, 5.41) is 8.97. The fourth-order valence-electron chi connectivity index (χ4n) is 1.72. The van der Waals surface area contributed by atoms with Gasteiger partial charge in [0.15, 0.2) is 0 Å². The second-order valence-electron chi connectivity index (χ2n) is 5.15. The van der Waals surface area contributed by atoms with Gasteiger partial charge in [0.25, 0.3) is 0 Å². The Morgan fingerprint density at radius 1 is 1.38 bits per heavy atom. The van der Waals surface area contributed by atoms with Gasteiger partial charge in [-0.25, -0.2) is 4.39 Å². The van der Waals surface area contributed by atoms with E-state index in [0.717, 1.165) is 12.0 Å². The van der Waals surface area contributed by atoms with Crippen molar-refractivity contribution in [1.29, 1.82) is 5.26 Å². The average Bonchev–Trinajstić information content (AvgIpc) is 2.16. The van der Waals surface area contributed by atoms with Crippen molar-refractivity contribution >= 4 is 0 Å². The van der Waals surface area contributed by atoms with Gasteiger partial charge in [0.1, 0.15) is 5.82 Å². The molecule has 0 spiro atoms. The van der Waals surface area contributed by atoms with Gasteiger partial charge in [-0.3, -0.25) is 0 Å². The zero-order chi connectivity index (χ0) is 12.3. The molecule has 0 aliphatic heterocycles. The number of nitriles is 1. The van der Waals surface area contributed by atoms with E-state index < -0.39 is 5.41 Å². The summed E-state index contributed by atoms with van der Waals surface area (Å²) in [6.07, 6.45) is 0.865. The highest BCUT2D eigenvalue weighted by molar-refractivity contribution is 5.34. The molecule has 0 amide bonds. The minimum Gasteiger partial charge on any atom is -0.207 e. The second-order valence-corrected chi connectivity index (χ2v) is 5.15. The molecule has 0 unspecified atom stereocenters. The van der Waals surface area contributed by atoms with Crippen molar-refractivity contribution in [1.82, 2.24) is 0 Å². The van der Waals surface area contributed by atoms with E-state index in [1.165, 1.54) is 0 Å². The summed E-state index contributed by atoms with van der Waals surface area (Å²) in [5.74, 6) is 0.235. The SMILES string of the molecule is CC(C)Cc1ccc(C(C)(C)C#N)c(F)c1. The van der Waals surface area contributed by atoms with Crippen LogP contribution in [-0.4, -0.2) is 0 Å². The Balaban J connectivity index is 3.06. The number of hydrogen-bond donors (Lipinski definition) is 0. The Bertz CT molecular complexity index is 413. The maximum atomic E-state index is 13.8. The number of rotatable bonds is 3. The predicted molar refractivity (Wildman–Crippen MR) is 63.6 cm³/mol. The van der Waals surface area contributed by atoms with Crippen LogP contribution in [0, 0.1) is 23.1 Å². The fraction of sp³-hybridized carbons (Fsp3) is 0.500. The van der Waals surface area contributed by atoms with E-state index in [9.17, 15) is 4.39 Å². The summed E-state index contributed by atoms with van der Waals surface area (Å²) < 4.78 is 13.8. The highest BCUT2D eigenvalue weighted by Crippen LogP contribution is 2.26. The Hall–Kier alpha value is -1.36. The fourth-order valence-corrected chi connectivity index (χ4v) is 1.72. The van der Waals surface area contributed by atoms with Crippen LogP contribution in [0.25, 0.3) is 0 Å². The average molecular weight is 219 g/mol. The van der Waals surface area contributed by atoms with Crippen molar-refractivity contribution in [3.63, 3.8) is 0 Å². The molecular formula is C14H18FN. The third-order valence-corrected chi connectivity index (χ3v) is 2.63. The molecule has 0 bridgehead atoms. The highest BCUT2D eigenvalue weighted by Gasteiger charge is 2.23. The first-order valence-electron chi connectivity index (χ1n) is 5.57. The van der Waals surface area contributed by atoms with Crippen molar-refractivity contribution in [3.8, 4) is 6.07 Å². The summed E-state index contributed by atoms with van der Waals surface area (Å²) >= 11 is 0. The molecule has 2 heteroatoms. The molecule has 0 saturated carbocycles. The van der Waals surface area contributed by atoms with Gasteiger partial charge < -0.3 is 0 Å². The molecule has 1 aromatic carbocycles. The predicted octanol–water partition coefficient (Wildman–Crippen LogP) is 3.83.